The minimum atomic E-state index is -0.494. The number of rotatable bonds is 0. The number of hydrogen-bond acceptors (Lipinski definition) is 2. The number of alkyl halides is 1. The van der Waals surface area contributed by atoms with Crippen LogP contribution in [0.2, 0.25) is 0 Å². The minimum absolute atomic E-state index is 0.0722. The van der Waals surface area contributed by atoms with Crippen LogP contribution in [0.3, 0.4) is 0 Å². The van der Waals surface area contributed by atoms with Gasteiger partial charge in [-0.05, 0) is 28.9 Å². The van der Waals surface area contributed by atoms with Gasteiger partial charge in [0.05, 0.1) is 11.6 Å². The van der Waals surface area contributed by atoms with E-state index < -0.39 is 11.4 Å². The normalized spacial score (nSPS) is 11.0. The molecule has 2 rings (SSSR count). The summed E-state index contributed by atoms with van der Waals surface area (Å²) in [4.78, 5) is 11.4. The summed E-state index contributed by atoms with van der Waals surface area (Å²) in [6.07, 6.45) is 1.47. The second-order valence-electron chi connectivity index (χ2n) is 4.87. The molecule has 18 heavy (non-hydrogen) atoms. The quantitative estimate of drug-likeness (QED) is 0.758. The summed E-state index contributed by atoms with van der Waals surface area (Å²) in [6, 6.07) is 3.22. The van der Waals surface area contributed by atoms with E-state index in [1.54, 1.807) is 6.07 Å². The molecule has 0 aliphatic carbocycles. The van der Waals surface area contributed by atoms with Crippen molar-refractivity contribution in [2.45, 2.75) is 26.2 Å². The minimum Gasteiger partial charge on any atom is -0.267 e. The Morgan fingerprint density at radius 3 is 2.44 bits per heavy atom. The molecule has 0 amide bonds. The van der Waals surface area contributed by atoms with Crippen molar-refractivity contribution in [3.05, 3.63) is 40.1 Å². The molecular formula is C13H16BrFN2O. The van der Waals surface area contributed by atoms with Crippen molar-refractivity contribution in [3.8, 4) is 0 Å². The Balaban J connectivity index is 0.000000771. The molecule has 98 valence electrons. The van der Waals surface area contributed by atoms with Crippen LogP contribution in [0.15, 0.2) is 23.1 Å². The Kier molecular flexibility index (Phi) is 4.62. The Hall–Kier alpha value is -1.23. The van der Waals surface area contributed by atoms with E-state index in [-0.39, 0.29) is 10.8 Å². The van der Waals surface area contributed by atoms with Crippen molar-refractivity contribution in [3.63, 3.8) is 0 Å². The Labute approximate surface area is 114 Å². The highest BCUT2D eigenvalue weighted by molar-refractivity contribution is 9.08. The summed E-state index contributed by atoms with van der Waals surface area (Å²) in [6.45, 7) is 5.98. The van der Waals surface area contributed by atoms with Gasteiger partial charge in [-0.3, -0.25) is 4.79 Å². The number of nitrogens with zero attached hydrogens (tertiary/aromatic N) is 1. The van der Waals surface area contributed by atoms with Gasteiger partial charge in [-0.25, -0.2) is 9.49 Å². The fourth-order valence-corrected chi connectivity index (χ4v) is 1.62. The summed E-state index contributed by atoms with van der Waals surface area (Å²) in [5, 5.41) is 6.51. The van der Waals surface area contributed by atoms with Crippen LogP contribution in [0.5, 0.6) is 0 Å². The highest BCUT2D eigenvalue weighted by atomic mass is 79.9. The fraction of sp³-hybridized carbons (Fsp3) is 0.385. The zero-order valence-electron chi connectivity index (χ0n) is 10.8. The predicted molar refractivity (Wildman–Crippen MR) is 75.9 cm³/mol. The Morgan fingerprint density at radius 1 is 1.28 bits per heavy atom. The molecule has 1 aromatic heterocycles. The number of H-pyrrole nitrogens is 1. The van der Waals surface area contributed by atoms with Crippen molar-refractivity contribution in [2.75, 3.05) is 5.83 Å². The molecule has 0 spiro atoms. The first-order valence-corrected chi connectivity index (χ1v) is 7.03. The Morgan fingerprint density at radius 2 is 1.89 bits per heavy atom. The van der Waals surface area contributed by atoms with Gasteiger partial charge in [0, 0.05) is 5.39 Å². The highest BCUT2D eigenvalue weighted by Gasteiger charge is 2.17. The van der Waals surface area contributed by atoms with Crippen LogP contribution in [0, 0.1) is 5.82 Å². The van der Waals surface area contributed by atoms with Crippen LogP contribution in [0.25, 0.3) is 10.8 Å². The summed E-state index contributed by atoms with van der Waals surface area (Å²) < 4.78 is 13.8. The molecule has 0 bridgehead atoms. The standard InChI is InChI=1S/C12H13FN2O.CH3Br/c1-12(2,3)8-4-7-6-14-15-11(16)10(7)9(13)5-8;1-2/h4-6H,1-3H3,(H,15,16);1H3. The topological polar surface area (TPSA) is 45.8 Å². The van der Waals surface area contributed by atoms with Crippen molar-refractivity contribution < 1.29 is 4.39 Å². The molecule has 0 unspecified atom stereocenters. The van der Waals surface area contributed by atoms with E-state index in [1.807, 2.05) is 26.6 Å². The average molecular weight is 315 g/mol. The average Bonchev–Trinajstić information content (AvgIpc) is 2.30. The van der Waals surface area contributed by atoms with Gasteiger partial charge in [0.2, 0.25) is 0 Å². The summed E-state index contributed by atoms with van der Waals surface area (Å²) in [5.74, 6) is 1.32. The number of benzene rings is 1. The molecule has 0 atom stereocenters. The molecule has 0 saturated heterocycles. The van der Waals surface area contributed by atoms with Gasteiger partial charge >= 0.3 is 0 Å². The van der Waals surface area contributed by atoms with Gasteiger partial charge in [0.1, 0.15) is 5.82 Å². The van der Waals surface area contributed by atoms with E-state index in [4.69, 9.17) is 0 Å². The fourth-order valence-electron chi connectivity index (χ4n) is 1.62. The maximum atomic E-state index is 13.8. The maximum Gasteiger partial charge on any atom is 0.275 e. The molecule has 0 aliphatic heterocycles. The highest BCUT2D eigenvalue weighted by Crippen LogP contribution is 2.26. The lowest BCUT2D eigenvalue weighted by Gasteiger charge is -2.19. The van der Waals surface area contributed by atoms with E-state index in [1.165, 1.54) is 12.3 Å². The number of aromatic amines is 1. The third-order valence-electron chi connectivity index (χ3n) is 2.58. The van der Waals surface area contributed by atoms with Gasteiger partial charge in [0.25, 0.3) is 5.56 Å². The molecule has 1 N–H and O–H groups in total. The van der Waals surface area contributed by atoms with E-state index in [0.717, 1.165) is 5.56 Å². The lowest BCUT2D eigenvalue weighted by atomic mass is 9.86. The Bertz CT molecular complexity index is 602. The zero-order valence-corrected chi connectivity index (χ0v) is 12.4. The lowest BCUT2D eigenvalue weighted by molar-refractivity contribution is 0.576. The van der Waals surface area contributed by atoms with Crippen molar-refractivity contribution in [1.29, 1.82) is 0 Å². The maximum absolute atomic E-state index is 13.8. The summed E-state index contributed by atoms with van der Waals surface area (Å²) in [5.41, 5.74) is 0.206. The number of fused-ring (bicyclic) bond motifs is 1. The van der Waals surface area contributed by atoms with Gasteiger partial charge in [-0.1, -0.05) is 36.7 Å². The van der Waals surface area contributed by atoms with Crippen molar-refractivity contribution >= 4 is 26.7 Å². The van der Waals surface area contributed by atoms with Gasteiger partial charge < -0.3 is 0 Å². The van der Waals surface area contributed by atoms with Gasteiger partial charge in [-0.2, -0.15) is 5.10 Å². The van der Waals surface area contributed by atoms with Crippen LogP contribution in [0.4, 0.5) is 4.39 Å². The van der Waals surface area contributed by atoms with Crippen LogP contribution in [-0.4, -0.2) is 16.0 Å². The first-order chi connectivity index (χ1) is 8.39. The molecule has 0 radical (unpaired) electrons. The lowest BCUT2D eigenvalue weighted by Crippen LogP contribution is -2.14. The van der Waals surface area contributed by atoms with Crippen LogP contribution < -0.4 is 5.56 Å². The van der Waals surface area contributed by atoms with E-state index in [0.29, 0.717) is 5.39 Å². The number of nitrogens with one attached hydrogen (secondary N) is 1. The van der Waals surface area contributed by atoms with Crippen LogP contribution >= 0.6 is 15.9 Å². The molecule has 3 nitrogen and oxygen atoms in total. The van der Waals surface area contributed by atoms with Crippen LogP contribution in [-0.2, 0) is 5.41 Å². The third-order valence-corrected chi connectivity index (χ3v) is 2.58. The molecular weight excluding hydrogens is 299 g/mol. The van der Waals surface area contributed by atoms with E-state index >= 15 is 0 Å². The monoisotopic (exact) mass is 314 g/mol. The number of aromatic nitrogens is 2. The van der Waals surface area contributed by atoms with E-state index in [9.17, 15) is 9.18 Å². The van der Waals surface area contributed by atoms with Gasteiger partial charge in [0.15, 0.2) is 0 Å². The first kappa shape index (κ1) is 14.8. The predicted octanol–water partition coefficient (Wildman–Crippen LogP) is 3.37. The zero-order chi connectivity index (χ0) is 13.9. The molecule has 0 saturated carbocycles. The second kappa shape index (κ2) is 5.61. The first-order valence-electron chi connectivity index (χ1n) is 5.45. The summed E-state index contributed by atoms with van der Waals surface area (Å²) >= 11 is 2.94. The third kappa shape index (κ3) is 2.96. The molecule has 1 aromatic carbocycles. The van der Waals surface area contributed by atoms with Crippen molar-refractivity contribution in [2.24, 2.45) is 0 Å². The molecule has 2 aromatic rings. The molecule has 1 heterocycles. The van der Waals surface area contributed by atoms with E-state index in [2.05, 4.69) is 26.1 Å². The van der Waals surface area contributed by atoms with Gasteiger partial charge in [-0.15, -0.1) is 0 Å². The molecule has 5 heteroatoms. The van der Waals surface area contributed by atoms with Crippen LogP contribution in [0.1, 0.15) is 26.3 Å². The molecule has 0 aliphatic rings. The summed E-state index contributed by atoms with van der Waals surface area (Å²) in [7, 11) is 0. The second-order valence-corrected chi connectivity index (χ2v) is 4.87. The SMILES string of the molecule is CBr.CC(C)(C)c1cc(F)c2c(=O)[nH]ncc2c1. The number of halogens is 2. The number of hydrogen-bond donors (Lipinski definition) is 1. The largest absolute Gasteiger partial charge is 0.275 e. The molecule has 0 fully saturated rings. The van der Waals surface area contributed by atoms with Crippen molar-refractivity contribution in [1.82, 2.24) is 10.2 Å². The smallest absolute Gasteiger partial charge is 0.267 e.